The predicted octanol–water partition coefficient (Wildman–Crippen LogP) is 4.06. The van der Waals surface area contributed by atoms with Gasteiger partial charge < -0.3 is 24.4 Å². The molecule has 2 aromatic rings. The van der Waals surface area contributed by atoms with Crippen LogP contribution < -0.4 is 24.6 Å². The van der Waals surface area contributed by atoms with Crippen molar-refractivity contribution in [2.45, 2.75) is 31.8 Å². The monoisotopic (exact) mass is 633 g/mol. The Kier molecular flexibility index (Phi) is 10.1. The number of aromatic nitrogens is 2. The van der Waals surface area contributed by atoms with Gasteiger partial charge in [-0.1, -0.05) is 29.8 Å². The molecule has 1 N–H and O–H groups in total. The summed E-state index contributed by atoms with van der Waals surface area (Å²) in [7, 11) is 2.98. The Morgan fingerprint density at radius 1 is 1.12 bits per heavy atom. The molecule has 14 heteroatoms. The lowest BCUT2D eigenvalue weighted by Gasteiger charge is -2.38. The average molecular weight is 635 g/mol. The fourth-order valence-corrected chi connectivity index (χ4v) is 6.28. The molecule has 3 aliphatic heterocycles. The van der Waals surface area contributed by atoms with E-state index in [1.807, 2.05) is 0 Å². The number of nitrogens with one attached hydrogen (secondary N) is 1. The van der Waals surface area contributed by atoms with E-state index in [1.165, 1.54) is 25.2 Å². The van der Waals surface area contributed by atoms with E-state index >= 15 is 0 Å². The Labute approximate surface area is 261 Å². The van der Waals surface area contributed by atoms with E-state index in [0.717, 1.165) is 38.0 Å². The molecule has 232 valence electrons. The van der Waals surface area contributed by atoms with Gasteiger partial charge in [0.2, 0.25) is 11.9 Å². The molecular formula is C29H37Cl2N7O5. The van der Waals surface area contributed by atoms with Crippen molar-refractivity contribution in [2.24, 2.45) is 0 Å². The summed E-state index contributed by atoms with van der Waals surface area (Å²) in [4.78, 5) is 42.8. The summed E-state index contributed by atoms with van der Waals surface area (Å²) in [5.41, 5.74) is 1.05. The van der Waals surface area contributed by atoms with Crippen molar-refractivity contribution in [1.29, 1.82) is 0 Å². The number of rotatable bonds is 10. The first-order valence-corrected chi connectivity index (χ1v) is 15.1. The fraction of sp³-hybridized carbons (Fsp3) is 0.517. The highest BCUT2D eigenvalue weighted by molar-refractivity contribution is 6.42. The molecule has 3 amide bonds. The topological polar surface area (TPSA) is 113 Å². The van der Waals surface area contributed by atoms with Gasteiger partial charge in [0, 0.05) is 69.8 Å². The number of methoxy groups -OCH3 is 2. The third-order valence-electron chi connectivity index (χ3n) is 7.98. The summed E-state index contributed by atoms with van der Waals surface area (Å²) in [6.45, 7) is 9.07. The van der Waals surface area contributed by atoms with Crippen LogP contribution in [-0.4, -0.2) is 104 Å². The molecule has 0 atom stereocenters. The zero-order valence-electron chi connectivity index (χ0n) is 24.5. The number of carbonyl (C=O) groups is 2. The number of fused-ring (bicyclic) bond motifs is 1. The van der Waals surface area contributed by atoms with E-state index in [1.54, 1.807) is 22.1 Å². The molecule has 4 heterocycles. The normalized spacial score (nSPS) is 18.0. The second-order valence-electron chi connectivity index (χ2n) is 10.6. The number of nitrogens with zero attached hydrogens (tertiary/aromatic N) is 6. The van der Waals surface area contributed by atoms with Crippen LogP contribution in [0.4, 0.5) is 22.2 Å². The van der Waals surface area contributed by atoms with Crippen LogP contribution in [0, 0.1) is 0 Å². The maximum atomic E-state index is 14.2. The average Bonchev–Trinajstić information content (AvgIpc) is 3.03. The highest BCUT2D eigenvalue weighted by atomic mass is 35.5. The molecule has 1 aromatic heterocycles. The van der Waals surface area contributed by atoms with Crippen molar-refractivity contribution in [1.82, 2.24) is 19.8 Å². The Hall–Kier alpha value is -3.32. The second kappa shape index (κ2) is 14.0. The van der Waals surface area contributed by atoms with Gasteiger partial charge in [-0.05, 0) is 31.9 Å². The Morgan fingerprint density at radius 3 is 2.42 bits per heavy atom. The standard InChI is InChI=1S/C29H37Cl2N7O5/c1-4-23(39)36-12-10-35(11-13-36)8-5-9-37-27-19(17-32-28(34-27)33-20-6-14-43-15-7-20)18-38(29(37)40)26-24(30)21(41-2)16-22(42-3)25(26)31/h4,16-17,20H,1,5-15,18H2,2-3H3,(H,32,33,34). The molecule has 2 fully saturated rings. The van der Waals surface area contributed by atoms with Crippen molar-refractivity contribution >= 4 is 52.6 Å². The van der Waals surface area contributed by atoms with Crippen LogP contribution in [0.3, 0.4) is 0 Å². The van der Waals surface area contributed by atoms with Gasteiger partial charge in [-0.25, -0.2) is 9.78 Å². The second-order valence-corrected chi connectivity index (χ2v) is 11.3. The first-order chi connectivity index (χ1) is 20.8. The molecule has 0 saturated carbocycles. The summed E-state index contributed by atoms with van der Waals surface area (Å²) in [6, 6.07) is 1.47. The number of hydrogen-bond acceptors (Lipinski definition) is 9. The molecule has 3 aliphatic rings. The Bertz CT molecular complexity index is 1320. The maximum Gasteiger partial charge on any atom is 0.330 e. The van der Waals surface area contributed by atoms with Gasteiger partial charge in [0.05, 0.1) is 26.5 Å². The van der Waals surface area contributed by atoms with Gasteiger partial charge in [0.1, 0.15) is 27.4 Å². The third-order valence-corrected chi connectivity index (χ3v) is 8.71. The summed E-state index contributed by atoms with van der Waals surface area (Å²) in [6.07, 6.45) is 5.49. The minimum Gasteiger partial charge on any atom is -0.495 e. The molecule has 0 bridgehead atoms. The van der Waals surface area contributed by atoms with Gasteiger partial charge >= 0.3 is 6.03 Å². The van der Waals surface area contributed by atoms with Crippen LogP contribution >= 0.6 is 23.2 Å². The SMILES string of the molecule is C=CC(=O)N1CCN(CCCN2C(=O)N(c3c(Cl)c(OC)cc(OC)c3Cl)Cc3cnc(NC4CCOCC4)nc32)CC1. The van der Waals surface area contributed by atoms with E-state index in [4.69, 9.17) is 42.4 Å². The Morgan fingerprint density at radius 2 is 1.79 bits per heavy atom. The van der Waals surface area contributed by atoms with Gasteiger partial charge in [-0.2, -0.15) is 4.98 Å². The summed E-state index contributed by atoms with van der Waals surface area (Å²) in [5, 5.41) is 3.82. The minimum atomic E-state index is -0.316. The molecule has 0 aliphatic carbocycles. The molecule has 43 heavy (non-hydrogen) atoms. The summed E-state index contributed by atoms with van der Waals surface area (Å²) < 4.78 is 16.4. The zero-order valence-corrected chi connectivity index (χ0v) is 26.0. The van der Waals surface area contributed by atoms with Crippen LogP contribution in [0.5, 0.6) is 11.5 Å². The van der Waals surface area contributed by atoms with E-state index in [9.17, 15) is 9.59 Å². The van der Waals surface area contributed by atoms with Gasteiger partial charge in [0.25, 0.3) is 0 Å². The lowest BCUT2D eigenvalue weighted by molar-refractivity contribution is -0.127. The van der Waals surface area contributed by atoms with Crippen molar-refractivity contribution in [2.75, 3.05) is 81.8 Å². The zero-order chi connectivity index (χ0) is 30.5. The number of carbonyl (C=O) groups excluding carboxylic acids is 2. The van der Waals surface area contributed by atoms with Gasteiger partial charge in [0.15, 0.2) is 0 Å². The lowest BCUT2D eigenvalue weighted by atomic mass is 10.1. The maximum absolute atomic E-state index is 14.2. The molecule has 2 saturated heterocycles. The highest BCUT2D eigenvalue weighted by Gasteiger charge is 2.37. The van der Waals surface area contributed by atoms with Crippen LogP contribution in [0.2, 0.25) is 10.0 Å². The van der Waals surface area contributed by atoms with Gasteiger partial charge in [-0.15, -0.1) is 0 Å². The van der Waals surface area contributed by atoms with Crippen LogP contribution in [0.25, 0.3) is 0 Å². The minimum absolute atomic E-state index is 0.0494. The first-order valence-electron chi connectivity index (χ1n) is 14.4. The van der Waals surface area contributed by atoms with E-state index < -0.39 is 0 Å². The molecule has 5 rings (SSSR count). The number of urea groups is 1. The smallest absolute Gasteiger partial charge is 0.330 e. The van der Waals surface area contributed by atoms with E-state index in [0.29, 0.717) is 68.2 Å². The van der Waals surface area contributed by atoms with Crippen LogP contribution in [-0.2, 0) is 16.1 Å². The molecule has 12 nitrogen and oxygen atoms in total. The third kappa shape index (κ3) is 6.77. The van der Waals surface area contributed by atoms with Crippen LogP contribution in [0.15, 0.2) is 24.9 Å². The van der Waals surface area contributed by atoms with Crippen molar-refractivity contribution in [3.8, 4) is 11.5 Å². The largest absolute Gasteiger partial charge is 0.495 e. The quantitative estimate of drug-likeness (QED) is 0.387. The van der Waals surface area contributed by atoms with Crippen LogP contribution in [0.1, 0.15) is 24.8 Å². The predicted molar refractivity (Wildman–Crippen MR) is 166 cm³/mol. The Balaban J connectivity index is 1.40. The van der Waals surface area contributed by atoms with E-state index in [2.05, 4.69) is 21.8 Å². The number of anilines is 3. The fourth-order valence-electron chi connectivity index (χ4n) is 5.57. The number of amides is 3. The number of hydrogen-bond donors (Lipinski definition) is 1. The highest BCUT2D eigenvalue weighted by Crippen LogP contribution is 2.48. The number of benzene rings is 1. The molecule has 0 spiro atoms. The number of halogens is 2. The van der Waals surface area contributed by atoms with Gasteiger partial charge in [-0.3, -0.25) is 19.5 Å². The number of piperazine rings is 1. The van der Waals surface area contributed by atoms with Crippen molar-refractivity contribution in [3.63, 3.8) is 0 Å². The van der Waals surface area contributed by atoms with E-state index in [-0.39, 0.29) is 34.6 Å². The number of ether oxygens (including phenoxy) is 3. The molecule has 1 aromatic carbocycles. The van der Waals surface area contributed by atoms with Crippen molar-refractivity contribution in [3.05, 3.63) is 40.5 Å². The molecular weight excluding hydrogens is 597 g/mol. The summed E-state index contributed by atoms with van der Waals surface area (Å²) in [5.74, 6) is 1.65. The lowest BCUT2D eigenvalue weighted by Crippen LogP contribution is -2.50. The molecule has 0 radical (unpaired) electrons. The summed E-state index contributed by atoms with van der Waals surface area (Å²) >= 11 is 13.5. The first kappa shape index (κ1) is 31.1. The molecule has 0 unspecified atom stereocenters. The van der Waals surface area contributed by atoms with Crippen molar-refractivity contribution < 1.29 is 23.8 Å².